The van der Waals surface area contributed by atoms with Gasteiger partial charge in [-0.3, -0.25) is 4.79 Å². The van der Waals surface area contributed by atoms with Gasteiger partial charge in [-0.15, -0.1) is 5.10 Å². The van der Waals surface area contributed by atoms with E-state index in [1.165, 1.54) is 0 Å². The molecule has 0 saturated carbocycles. The van der Waals surface area contributed by atoms with Crippen molar-refractivity contribution in [3.05, 3.63) is 41.2 Å². The van der Waals surface area contributed by atoms with Gasteiger partial charge < -0.3 is 20.1 Å². The molecule has 2 aromatic rings. The van der Waals surface area contributed by atoms with Crippen LogP contribution in [0.5, 0.6) is 0 Å². The summed E-state index contributed by atoms with van der Waals surface area (Å²) in [6.07, 6.45) is 3.73. The number of carbonyl (C=O) groups excluding carboxylic acids is 1. The monoisotopic (exact) mass is 387 g/mol. The molecule has 3 rings (SSSR count). The maximum Gasteiger partial charge on any atom is 0.277 e. The van der Waals surface area contributed by atoms with Crippen LogP contribution in [0.1, 0.15) is 47.4 Å². The third kappa shape index (κ3) is 5.37. The van der Waals surface area contributed by atoms with Gasteiger partial charge in [0.05, 0.1) is 32.1 Å². The van der Waals surface area contributed by atoms with E-state index in [1.807, 2.05) is 36.7 Å². The normalized spacial score (nSPS) is 14.9. The van der Waals surface area contributed by atoms with Crippen LogP contribution in [0.4, 0.5) is 5.69 Å². The van der Waals surface area contributed by atoms with Crippen LogP contribution in [0.25, 0.3) is 0 Å². The minimum Gasteiger partial charge on any atom is -0.379 e. The van der Waals surface area contributed by atoms with Gasteiger partial charge in [0, 0.05) is 12.3 Å². The van der Waals surface area contributed by atoms with E-state index in [0.29, 0.717) is 38.2 Å². The quantitative estimate of drug-likeness (QED) is 0.642. The zero-order valence-corrected chi connectivity index (χ0v) is 16.6. The second-order valence-corrected chi connectivity index (χ2v) is 6.86. The van der Waals surface area contributed by atoms with Gasteiger partial charge in [0.1, 0.15) is 0 Å². The SMILES string of the molecule is CCOCCOCc1cccc(NC(=O)c2cn(C3CCNCC3)nn2)c1C. The first kappa shape index (κ1) is 20.4. The Morgan fingerprint density at radius 3 is 2.86 bits per heavy atom. The van der Waals surface area contributed by atoms with Gasteiger partial charge in [-0.05, 0) is 57.0 Å². The van der Waals surface area contributed by atoms with Gasteiger partial charge in [0.15, 0.2) is 5.69 Å². The van der Waals surface area contributed by atoms with Crippen molar-refractivity contribution >= 4 is 11.6 Å². The lowest BCUT2D eigenvalue weighted by molar-refractivity contribution is 0.0451. The van der Waals surface area contributed by atoms with Crippen LogP contribution in [-0.4, -0.2) is 53.8 Å². The van der Waals surface area contributed by atoms with Gasteiger partial charge >= 0.3 is 0 Å². The Morgan fingerprint density at radius 1 is 1.29 bits per heavy atom. The molecule has 1 fully saturated rings. The van der Waals surface area contributed by atoms with Gasteiger partial charge in [0.2, 0.25) is 0 Å². The van der Waals surface area contributed by atoms with Crippen molar-refractivity contribution in [1.82, 2.24) is 20.3 Å². The van der Waals surface area contributed by atoms with Crippen molar-refractivity contribution < 1.29 is 14.3 Å². The Balaban J connectivity index is 1.59. The van der Waals surface area contributed by atoms with Gasteiger partial charge in [-0.1, -0.05) is 17.3 Å². The molecule has 2 N–H and O–H groups in total. The lowest BCUT2D eigenvalue weighted by Crippen LogP contribution is -2.29. The van der Waals surface area contributed by atoms with Crippen LogP contribution >= 0.6 is 0 Å². The molecule has 8 heteroatoms. The van der Waals surface area contributed by atoms with Crippen LogP contribution in [0.2, 0.25) is 0 Å². The van der Waals surface area contributed by atoms with Crippen molar-refractivity contribution in [3.8, 4) is 0 Å². The average molecular weight is 387 g/mol. The lowest BCUT2D eigenvalue weighted by atomic mass is 10.1. The fourth-order valence-electron chi connectivity index (χ4n) is 3.24. The maximum absolute atomic E-state index is 12.6. The Morgan fingerprint density at radius 2 is 2.07 bits per heavy atom. The van der Waals surface area contributed by atoms with Crippen LogP contribution < -0.4 is 10.6 Å². The standard InChI is InChI=1S/C20H29N5O3/c1-3-27-11-12-28-14-16-5-4-6-18(15(16)2)22-20(26)19-13-25(24-23-19)17-7-9-21-10-8-17/h4-6,13,17,21H,3,7-12,14H2,1-2H3,(H,22,26). The topological polar surface area (TPSA) is 90.3 Å². The summed E-state index contributed by atoms with van der Waals surface area (Å²) in [5, 5.41) is 14.5. The second kappa shape index (κ2) is 10.3. The van der Waals surface area contributed by atoms with E-state index in [2.05, 4.69) is 20.9 Å². The van der Waals surface area contributed by atoms with E-state index in [-0.39, 0.29) is 5.91 Å². The highest BCUT2D eigenvalue weighted by molar-refractivity contribution is 6.03. The molecule has 1 aliphatic rings. The summed E-state index contributed by atoms with van der Waals surface area (Å²) < 4.78 is 12.7. The highest BCUT2D eigenvalue weighted by Crippen LogP contribution is 2.21. The van der Waals surface area contributed by atoms with Crippen molar-refractivity contribution in [2.45, 2.75) is 39.3 Å². The smallest absolute Gasteiger partial charge is 0.277 e. The number of ether oxygens (including phenoxy) is 2. The molecule has 1 amide bonds. The fourth-order valence-corrected chi connectivity index (χ4v) is 3.24. The summed E-state index contributed by atoms with van der Waals surface area (Å²) in [6, 6.07) is 6.09. The van der Waals surface area contributed by atoms with E-state index in [4.69, 9.17) is 9.47 Å². The number of nitrogens with zero attached hydrogens (tertiary/aromatic N) is 3. The Kier molecular flexibility index (Phi) is 7.53. The van der Waals surface area contributed by atoms with Crippen molar-refractivity contribution in [2.75, 3.05) is 38.2 Å². The molecule has 0 unspecified atom stereocenters. The van der Waals surface area contributed by atoms with E-state index in [0.717, 1.165) is 42.7 Å². The molecule has 0 bridgehead atoms. The Labute approximate surface area is 165 Å². The van der Waals surface area contributed by atoms with Crippen molar-refractivity contribution in [2.24, 2.45) is 0 Å². The summed E-state index contributed by atoms with van der Waals surface area (Å²) in [6.45, 7) is 8.16. The predicted octanol–water partition coefficient (Wildman–Crippen LogP) is 2.32. The van der Waals surface area contributed by atoms with Crippen LogP contribution in [0, 0.1) is 6.92 Å². The molecule has 1 aromatic carbocycles. The average Bonchev–Trinajstić information content (AvgIpc) is 3.21. The maximum atomic E-state index is 12.6. The Hall–Kier alpha value is -2.29. The molecule has 1 saturated heterocycles. The predicted molar refractivity (Wildman–Crippen MR) is 106 cm³/mol. The molecule has 0 atom stereocenters. The number of hydrogen-bond acceptors (Lipinski definition) is 6. The molecule has 2 heterocycles. The van der Waals surface area contributed by atoms with Crippen LogP contribution in [-0.2, 0) is 16.1 Å². The zero-order chi connectivity index (χ0) is 19.8. The number of benzene rings is 1. The van der Waals surface area contributed by atoms with Gasteiger partial charge in [0.25, 0.3) is 5.91 Å². The molecule has 0 radical (unpaired) electrons. The summed E-state index contributed by atoms with van der Waals surface area (Å²) in [5.74, 6) is -0.252. The largest absolute Gasteiger partial charge is 0.379 e. The Bertz CT molecular complexity index is 771. The van der Waals surface area contributed by atoms with Gasteiger partial charge in [-0.25, -0.2) is 4.68 Å². The summed E-state index contributed by atoms with van der Waals surface area (Å²) in [7, 11) is 0. The minimum atomic E-state index is -0.252. The summed E-state index contributed by atoms with van der Waals surface area (Å²) >= 11 is 0. The minimum absolute atomic E-state index is 0.252. The van der Waals surface area contributed by atoms with E-state index < -0.39 is 0 Å². The van der Waals surface area contributed by atoms with Crippen molar-refractivity contribution in [3.63, 3.8) is 0 Å². The van der Waals surface area contributed by atoms with E-state index >= 15 is 0 Å². The number of rotatable bonds is 9. The first-order chi connectivity index (χ1) is 13.7. The summed E-state index contributed by atoms with van der Waals surface area (Å²) in [5.41, 5.74) is 3.11. The van der Waals surface area contributed by atoms with Crippen LogP contribution in [0.3, 0.4) is 0 Å². The number of hydrogen-bond donors (Lipinski definition) is 2. The van der Waals surface area contributed by atoms with E-state index in [9.17, 15) is 4.79 Å². The highest BCUT2D eigenvalue weighted by atomic mass is 16.5. The van der Waals surface area contributed by atoms with Crippen LogP contribution in [0.15, 0.2) is 24.4 Å². The number of piperidine rings is 1. The third-order valence-corrected chi connectivity index (χ3v) is 4.95. The van der Waals surface area contributed by atoms with E-state index in [1.54, 1.807) is 6.20 Å². The number of carbonyl (C=O) groups is 1. The number of anilines is 1. The zero-order valence-electron chi connectivity index (χ0n) is 16.6. The fraction of sp³-hybridized carbons (Fsp3) is 0.550. The van der Waals surface area contributed by atoms with Gasteiger partial charge in [-0.2, -0.15) is 0 Å². The number of nitrogens with one attached hydrogen (secondary N) is 2. The van der Waals surface area contributed by atoms with Crippen molar-refractivity contribution in [1.29, 1.82) is 0 Å². The molecule has 152 valence electrons. The molecule has 28 heavy (non-hydrogen) atoms. The first-order valence-corrected chi connectivity index (χ1v) is 9.87. The summed E-state index contributed by atoms with van der Waals surface area (Å²) in [4.78, 5) is 12.6. The molecule has 0 spiro atoms. The molecule has 1 aliphatic heterocycles. The third-order valence-electron chi connectivity index (χ3n) is 4.95. The molecular formula is C20H29N5O3. The molecular weight excluding hydrogens is 358 g/mol. The first-order valence-electron chi connectivity index (χ1n) is 9.87. The second-order valence-electron chi connectivity index (χ2n) is 6.86. The molecule has 0 aliphatic carbocycles. The number of aromatic nitrogens is 3. The lowest BCUT2D eigenvalue weighted by Gasteiger charge is -2.22. The highest BCUT2D eigenvalue weighted by Gasteiger charge is 2.19. The molecule has 8 nitrogen and oxygen atoms in total. The molecule has 1 aromatic heterocycles. The number of amides is 1.